The highest BCUT2D eigenvalue weighted by molar-refractivity contribution is 4.94. The molecule has 2 aliphatic heterocycles. The lowest BCUT2D eigenvalue weighted by molar-refractivity contribution is -0.0497. The molecule has 0 aromatic heterocycles. The average Bonchev–Trinajstić information content (AvgIpc) is 3.01. The zero-order chi connectivity index (χ0) is 12.4. The van der Waals surface area contributed by atoms with E-state index < -0.39 is 0 Å². The molecule has 2 saturated heterocycles. The molecule has 100 valence electrons. The molecule has 3 rings (SSSR count). The van der Waals surface area contributed by atoms with Crippen LogP contribution in [0.25, 0.3) is 0 Å². The van der Waals surface area contributed by atoms with Crippen LogP contribution in [0.4, 0.5) is 0 Å². The third kappa shape index (κ3) is 2.55. The lowest BCUT2D eigenvalue weighted by atomic mass is 9.97. The van der Waals surface area contributed by atoms with Gasteiger partial charge in [0.2, 0.25) is 0 Å². The monoisotopic (exact) mass is 248 g/mol. The Labute approximate surface area is 110 Å². The van der Waals surface area contributed by atoms with Crippen molar-refractivity contribution in [3.8, 4) is 6.07 Å². The molecule has 2 unspecified atom stereocenters. The molecule has 3 fully saturated rings. The Morgan fingerprint density at radius 1 is 1.17 bits per heavy atom. The number of nitrogens with zero attached hydrogens (tertiary/aromatic N) is 2. The minimum atomic E-state index is 0.251. The van der Waals surface area contributed by atoms with Crippen LogP contribution < -0.4 is 0 Å². The Morgan fingerprint density at radius 3 is 2.78 bits per heavy atom. The van der Waals surface area contributed by atoms with Crippen LogP contribution in [0.3, 0.4) is 0 Å². The molecule has 1 spiro atoms. The maximum Gasteiger partial charge on any atom is 0.0710 e. The van der Waals surface area contributed by atoms with Crippen LogP contribution in [-0.2, 0) is 4.74 Å². The zero-order valence-corrected chi connectivity index (χ0v) is 11.2. The zero-order valence-electron chi connectivity index (χ0n) is 11.2. The molecule has 1 aliphatic carbocycles. The van der Waals surface area contributed by atoms with Crippen LogP contribution in [-0.4, -0.2) is 36.2 Å². The summed E-state index contributed by atoms with van der Waals surface area (Å²) in [5, 5.41) is 9.03. The van der Waals surface area contributed by atoms with Crippen molar-refractivity contribution >= 4 is 0 Å². The van der Waals surface area contributed by atoms with E-state index in [0.717, 1.165) is 26.1 Å². The van der Waals surface area contributed by atoms with Gasteiger partial charge in [0.05, 0.1) is 23.7 Å². The smallest absolute Gasteiger partial charge is 0.0710 e. The highest BCUT2D eigenvalue weighted by atomic mass is 16.5. The van der Waals surface area contributed by atoms with Gasteiger partial charge in [-0.2, -0.15) is 5.26 Å². The van der Waals surface area contributed by atoms with Gasteiger partial charge >= 0.3 is 0 Å². The van der Waals surface area contributed by atoms with Crippen molar-refractivity contribution < 1.29 is 4.74 Å². The molecule has 0 amide bonds. The van der Waals surface area contributed by atoms with Crippen molar-refractivity contribution in [3.63, 3.8) is 0 Å². The van der Waals surface area contributed by atoms with Crippen LogP contribution in [0.1, 0.15) is 51.4 Å². The molecular weight excluding hydrogens is 224 g/mol. The van der Waals surface area contributed by atoms with Crippen molar-refractivity contribution in [2.24, 2.45) is 5.92 Å². The van der Waals surface area contributed by atoms with Crippen LogP contribution >= 0.6 is 0 Å². The van der Waals surface area contributed by atoms with Gasteiger partial charge in [-0.1, -0.05) is 12.8 Å². The second-order valence-corrected chi connectivity index (χ2v) is 6.40. The van der Waals surface area contributed by atoms with Crippen molar-refractivity contribution in [1.82, 2.24) is 4.90 Å². The van der Waals surface area contributed by atoms with E-state index in [4.69, 9.17) is 10.00 Å². The number of likely N-dealkylation sites (tertiary alicyclic amines) is 1. The van der Waals surface area contributed by atoms with Gasteiger partial charge in [0.25, 0.3) is 0 Å². The first-order valence-corrected chi connectivity index (χ1v) is 7.59. The van der Waals surface area contributed by atoms with E-state index in [0.29, 0.717) is 6.10 Å². The molecule has 3 heteroatoms. The van der Waals surface area contributed by atoms with Gasteiger partial charge in [-0.3, -0.25) is 4.90 Å². The number of hydrogen-bond acceptors (Lipinski definition) is 3. The quantitative estimate of drug-likeness (QED) is 0.754. The highest BCUT2D eigenvalue weighted by Gasteiger charge is 2.42. The molecule has 0 radical (unpaired) electrons. The predicted molar refractivity (Wildman–Crippen MR) is 70.1 cm³/mol. The summed E-state index contributed by atoms with van der Waals surface area (Å²) in [6.07, 6.45) is 10.5. The Kier molecular flexibility index (Phi) is 3.59. The minimum absolute atomic E-state index is 0.251. The summed E-state index contributed by atoms with van der Waals surface area (Å²) in [6.45, 7) is 3.17. The molecule has 0 aromatic rings. The third-order valence-electron chi connectivity index (χ3n) is 5.00. The average molecular weight is 248 g/mol. The van der Waals surface area contributed by atoms with E-state index in [2.05, 4.69) is 11.0 Å². The minimum Gasteiger partial charge on any atom is -0.370 e. The molecule has 3 aliphatic rings. The lowest BCUT2D eigenvalue weighted by Gasteiger charge is -2.32. The Morgan fingerprint density at radius 2 is 2.00 bits per heavy atom. The van der Waals surface area contributed by atoms with Gasteiger partial charge in [-0.25, -0.2) is 0 Å². The Balaban J connectivity index is 1.50. The fraction of sp³-hybridized carbons (Fsp3) is 0.933. The Bertz CT molecular complexity index is 330. The normalized spacial score (nSPS) is 35.9. The number of piperidine rings is 1. The first-order valence-electron chi connectivity index (χ1n) is 7.59. The predicted octanol–water partition coefficient (Wildman–Crippen LogP) is 2.71. The van der Waals surface area contributed by atoms with Crippen LogP contribution in [0.15, 0.2) is 0 Å². The fourth-order valence-corrected chi connectivity index (χ4v) is 4.03. The van der Waals surface area contributed by atoms with E-state index in [1.807, 2.05) is 0 Å². The van der Waals surface area contributed by atoms with Crippen LogP contribution in [0, 0.1) is 17.2 Å². The standard InChI is InChI=1S/C15H24N2O/c16-10-13-4-3-9-17(11-13)12-14-5-8-15(18-14)6-1-2-7-15/h13-14H,1-9,11-12H2. The van der Waals surface area contributed by atoms with E-state index in [1.54, 1.807) is 0 Å². The van der Waals surface area contributed by atoms with Crippen LogP contribution in [0.2, 0.25) is 0 Å². The van der Waals surface area contributed by atoms with Crippen molar-refractivity contribution in [2.75, 3.05) is 19.6 Å². The number of hydrogen-bond donors (Lipinski definition) is 0. The maximum absolute atomic E-state index is 9.03. The first kappa shape index (κ1) is 12.4. The molecule has 2 heterocycles. The molecular formula is C15H24N2O. The summed E-state index contributed by atoms with van der Waals surface area (Å²) in [7, 11) is 0. The summed E-state index contributed by atoms with van der Waals surface area (Å²) in [6, 6.07) is 2.42. The largest absolute Gasteiger partial charge is 0.370 e. The molecule has 3 nitrogen and oxygen atoms in total. The van der Waals surface area contributed by atoms with E-state index in [9.17, 15) is 0 Å². The van der Waals surface area contributed by atoms with Gasteiger partial charge < -0.3 is 4.74 Å². The van der Waals surface area contributed by atoms with Crippen molar-refractivity contribution in [1.29, 1.82) is 5.26 Å². The first-order chi connectivity index (χ1) is 8.80. The second kappa shape index (κ2) is 5.19. The van der Waals surface area contributed by atoms with Gasteiger partial charge in [0, 0.05) is 13.1 Å². The summed E-state index contributed by atoms with van der Waals surface area (Å²) >= 11 is 0. The lowest BCUT2D eigenvalue weighted by Crippen LogP contribution is -2.40. The fourth-order valence-electron chi connectivity index (χ4n) is 4.03. The van der Waals surface area contributed by atoms with Gasteiger partial charge in [0.15, 0.2) is 0 Å². The van der Waals surface area contributed by atoms with Gasteiger partial charge in [-0.05, 0) is 45.1 Å². The second-order valence-electron chi connectivity index (χ2n) is 6.40. The molecule has 0 N–H and O–H groups in total. The maximum atomic E-state index is 9.03. The number of ether oxygens (including phenoxy) is 1. The van der Waals surface area contributed by atoms with E-state index in [-0.39, 0.29) is 11.5 Å². The number of rotatable bonds is 2. The highest BCUT2D eigenvalue weighted by Crippen LogP contribution is 2.43. The SMILES string of the molecule is N#CC1CCCN(CC2CCC3(CCCC3)O2)C1. The molecule has 1 saturated carbocycles. The summed E-state index contributed by atoms with van der Waals surface area (Å²) in [5.41, 5.74) is 0.259. The summed E-state index contributed by atoms with van der Waals surface area (Å²) in [4.78, 5) is 2.45. The molecule has 0 aromatic carbocycles. The summed E-state index contributed by atoms with van der Waals surface area (Å²) in [5.74, 6) is 0.251. The third-order valence-corrected chi connectivity index (χ3v) is 5.00. The molecule has 18 heavy (non-hydrogen) atoms. The van der Waals surface area contributed by atoms with Gasteiger partial charge in [0.1, 0.15) is 0 Å². The van der Waals surface area contributed by atoms with Crippen molar-refractivity contribution in [3.05, 3.63) is 0 Å². The van der Waals surface area contributed by atoms with Crippen LogP contribution in [0.5, 0.6) is 0 Å². The van der Waals surface area contributed by atoms with E-state index >= 15 is 0 Å². The molecule has 2 atom stereocenters. The van der Waals surface area contributed by atoms with E-state index in [1.165, 1.54) is 44.9 Å². The topological polar surface area (TPSA) is 36.3 Å². The van der Waals surface area contributed by atoms with Gasteiger partial charge in [-0.15, -0.1) is 0 Å². The Hall–Kier alpha value is -0.590. The van der Waals surface area contributed by atoms with Crippen molar-refractivity contribution in [2.45, 2.75) is 63.1 Å². The number of nitriles is 1. The summed E-state index contributed by atoms with van der Waals surface area (Å²) < 4.78 is 6.36. The molecule has 0 bridgehead atoms.